The van der Waals surface area contributed by atoms with E-state index in [0.29, 0.717) is 45.3 Å². The van der Waals surface area contributed by atoms with Crippen LogP contribution in [0, 0.1) is 22.2 Å². The molecule has 0 saturated heterocycles. The van der Waals surface area contributed by atoms with Gasteiger partial charge in [-0.2, -0.15) is 0 Å². The van der Waals surface area contributed by atoms with Crippen LogP contribution in [0.5, 0.6) is 0 Å². The third kappa shape index (κ3) is 12.3. The van der Waals surface area contributed by atoms with E-state index in [1.165, 1.54) is 4.90 Å². The van der Waals surface area contributed by atoms with Crippen molar-refractivity contribution in [2.24, 2.45) is 22.2 Å². The highest BCUT2D eigenvalue weighted by Gasteiger charge is 2.40. The fourth-order valence-electron chi connectivity index (χ4n) is 3.75. The minimum absolute atomic E-state index is 0.00287. The summed E-state index contributed by atoms with van der Waals surface area (Å²) in [6.07, 6.45) is 2.33. The molecule has 2 unspecified atom stereocenters. The zero-order chi connectivity index (χ0) is 30.7. The Hall–Kier alpha value is -2.16. The molecule has 1 amide bonds. The van der Waals surface area contributed by atoms with E-state index in [-0.39, 0.29) is 31.1 Å². The zero-order valence-electron chi connectivity index (χ0n) is 26.9. The Morgan fingerprint density at radius 2 is 1.23 bits per heavy atom. The Labute approximate surface area is 237 Å². The Balaban J connectivity index is 5.23. The third-order valence-corrected chi connectivity index (χ3v) is 8.20. The summed E-state index contributed by atoms with van der Waals surface area (Å²) in [7, 11) is 7.57. The number of nitrogens with zero attached hydrogens (tertiary/aromatic N) is 2. The van der Waals surface area contributed by atoms with Crippen molar-refractivity contribution < 1.29 is 37.9 Å². The fourth-order valence-corrected chi connectivity index (χ4v) is 3.75. The molecule has 0 spiro atoms. The van der Waals surface area contributed by atoms with Gasteiger partial charge < -0.3 is 23.6 Å². The highest BCUT2D eigenvalue weighted by Crippen LogP contribution is 2.36. The standard InChI is InChI=1S/C30H57N2O7/c1-13-28(4,5)25(34)38-20-21-39-26(35)29(6,7)17-16-23(24(33)31(9)10)22-30(8,14-2)27(36)37-19-18-32(11,12)15-3/h23H,13-22H2,1-12H3/q+1. The van der Waals surface area contributed by atoms with Crippen molar-refractivity contribution in [3.8, 4) is 0 Å². The molecule has 0 aromatic rings. The largest absolute Gasteiger partial charge is 0.462 e. The summed E-state index contributed by atoms with van der Waals surface area (Å²) in [6, 6.07) is 0. The summed E-state index contributed by atoms with van der Waals surface area (Å²) >= 11 is 0. The number of amides is 1. The summed E-state index contributed by atoms with van der Waals surface area (Å²) in [4.78, 5) is 52.7. The summed E-state index contributed by atoms with van der Waals surface area (Å²) in [6.45, 7) is 16.9. The number of hydrogen-bond donors (Lipinski definition) is 0. The van der Waals surface area contributed by atoms with Crippen LogP contribution in [0.2, 0.25) is 0 Å². The number of quaternary nitrogens is 1. The lowest BCUT2D eigenvalue weighted by atomic mass is 9.75. The van der Waals surface area contributed by atoms with E-state index in [4.69, 9.17) is 14.2 Å². The van der Waals surface area contributed by atoms with Gasteiger partial charge >= 0.3 is 17.9 Å². The minimum Gasteiger partial charge on any atom is -0.462 e. The average molecular weight is 558 g/mol. The highest BCUT2D eigenvalue weighted by atomic mass is 16.6. The van der Waals surface area contributed by atoms with Gasteiger partial charge in [-0.3, -0.25) is 19.2 Å². The molecule has 0 aliphatic carbocycles. The second-order valence-corrected chi connectivity index (χ2v) is 13.1. The number of carbonyl (C=O) groups excluding carboxylic acids is 4. The second-order valence-electron chi connectivity index (χ2n) is 13.1. The van der Waals surface area contributed by atoms with E-state index in [0.717, 1.165) is 11.0 Å². The summed E-state index contributed by atoms with van der Waals surface area (Å²) in [5, 5.41) is 0. The monoisotopic (exact) mass is 557 g/mol. The first-order valence-corrected chi connectivity index (χ1v) is 14.3. The van der Waals surface area contributed by atoms with E-state index in [1.54, 1.807) is 27.9 Å². The van der Waals surface area contributed by atoms with Crippen LogP contribution in [0.25, 0.3) is 0 Å². The summed E-state index contributed by atoms with van der Waals surface area (Å²) in [5.74, 6) is -1.57. The van der Waals surface area contributed by atoms with Crippen LogP contribution < -0.4 is 0 Å². The fraction of sp³-hybridized carbons (Fsp3) is 0.867. The zero-order valence-corrected chi connectivity index (χ0v) is 26.9. The molecule has 0 heterocycles. The van der Waals surface area contributed by atoms with Crippen LogP contribution in [0.15, 0.2) is 0 Å². The Bertz CT molecular complexity index is 820. The number of hydrogen-bond acceptors (Lipinski definition) is 7. The van der Waals surface area contributed by atoms with Gasteiger partial charge in [0.05, 0.1) is 36.9 Å². The van der Waals surface area contributed by atoms with Gasteiger partial charge in [-0.25, -0.2) is 0 Å². The van der Waals surface area contributed by atoms with Gasteiger partial charge in [-0.05, 0) is 73.6 Å². The molecule has 0 fully saturated rings. The minimum atomic E-state index is -0.857. The number of carbonyl (C=O) groups is 4. The SMILES string of the molecule is CCC(C)(C)C(=O)OCCOC(=O)C(C)(C)CCC(CC(C)(CC)C(=O)OCC[N+](C)(C)CC)C(=O)N(C)C. The maximum absolute atomic E-state index is 13.1. The topological polar surface area (TPSA) is 99.2 Å². The molecule has 9 heteroatoms. The van der Waals surface area contributed by atoms with Gasteiger partial charge in [0.2, 0.25) is 5.91 Å². The van der Waals surface area contributed by atoms with Crippen LogP contribution >= 0.6 is 0 Å². The summed E-state index contributed by atoms with van der Waals surface area (Å²) in [5.41, 5.74) is -2.26. The normalized spacial score (nSPS) is 14.7. The van der Waals surface area contributed by atoms with Crippen LogP contribution in [0.1, 0.15) is 87.5 Å². The molecule has 0 aromatic heterocycles. The van der Waals surface area contributed by atoms with Crippen LogP contribution in [0.3, 0.4) is 0 Å². The number of esters is 3. The molecule has 0 aliphatic heterocycles. The van der Waals surface area contributed by atoms with Gasteiger partial charge in [-0.1, -0.05) is 13.8 Å². The lowest BCUT2D eigenvalue weighted by molar-refractivity contribution is -0.888. The van der Waals surface area contributed by atoms with Gasteiger partial charge in [0, 0.05) is 20.0 Å². The summed E-state index contributed by atoms with van der Waals surface area (Å²) < 4.78 is 17.1. The van der Waals surface area contributed by atoms with Crippen molar-refractivity contribution in [3.63, 3.8) is 0 Å². The molecule has 2 atom stereocenters. The number of rotatable bonds is 18. The van der Waals surface area contributed by atoms with Gasteiger partial charge in [0.25, 0.3) is 0 Å². The van der Waals surface area contributed by atoms with E-state index in [1.807, 2.05) is 34.6 Å². The van der Waals surface area contributed by atoms with Gasteiger partial charge in [0.15, 0.2) is 0 Å². The number of likely N-dealkylation sites (N-methyl/N-ethyl adjacent to an activating group) is 1. The van der Waals surface area contributed by atoms with Gasteiger partial charge in [-0.15, -0.1) is 0 Å². The first-order valence-electron chi connectivity index (χ1n) is 14.3. The quantitative estimate of drug-likeness (QED) is 0.106. The Morgan fingerprint density at radius 1 is 0.744 bits per heavy atom. The van der Waals surface area contributed by atoms with Crippen LogP contribution in [0.4, 0.5) is 0 Å². The van der Waals surface area contributed by atoms with E-state index in [2.05, 4.69) is 21.0 Å². The van der Waals surface area contributed by atoms with Crippen LogP contribution in [-0.4, -0.2) is 94.3 Å². The van der Waals surface area contributed by atoms with Crippen molar-refractivity contribution in [2.75, 3.05) is 61.1 Å². The molecule has 9 nitrogen and oxygen atoms in total. The first-order chi connectivity index (χ1) is 17.8. The maximum Gasteiger partial charge on any atom is 0.312 e. The Kier molecular flexibility index (Phi) is 14.7. The van der Waals surface area contributed by atoms with Gasteiger partial charge in [0.1, 0.15) is 26.4 Å². The molecule has 0 aliphatic rings. The molecule has 228 valence electrons. The average Bonchev–Trinajstić information content (AvgIpc) is 2.87. The maximum atomic E-state index is 13.1. The Morgan fingerprint density at radius 3 is 1.67 bits per heavy atom. The van der Waals surface area contributed by atoms with E-state index < -0.39 is 28.1 Å². The molecule has 0 N–H and O–H groups in total. The lowest BCUT2D eigenvalue weighted by Gasteiger charge is -2.33. The number of ether oxygens (including phenoxy) is 3. The van der Waals surface area contributed by atoms with E-state index >= 15 is 0 Å². The van der Waals surface area contributed by atoms with Crippen molar-refractivity contribution in [1.82, 2.24) is 4.90 Å². The molecular weight excluding hydrogens is 500 g/mol. The molecule has 0 bridgehead atoms. The highest BCUT2D eigenvalue weighted by molar-refractivity contribution is 5.81. The van der Waals surface area contributed by atoms with Crippen molar-refractivity contribution in [2.45, 2.75) is 87.5 Å². The van der Waals surface area contributed by atoms with E-state index in [9.17, 15) is 19.2 Å². The van der Waals surface area contributed by atoms with Crippen molar-refractivity contribution in [3.05, 3.63) is 0 Å². The molecule has 0 saturated carbocycles. The third-order valence-electron chi connectivity index (χ3n) is 8.20. The van der Waals surface area contributed by atoms with Crippen molar-refractivity contribution >= 4 is 23.8 Å². The second kappa shape index (κ2) is 15.6. The molecule has 0 aromatic carbocycles. The van der Waals surface area contributed by atoms with Crippen LogP contribution in [-0.2, 0) is 33.4 Å². The molecule has 39 heavy (non-hydrogen) atoms. The predicted molar refractivity (Wildman–Crippen MR) is 153 cm³/mol. The van der Waals surface area contributed by atoms with Crippen molar-refractivity contribution in [1.29, 1.82) is 0 Å². The lowest BCUT2D eigenvalue weighted by Crippen LogP contribution is -2.43. The molecule has 0 rings (SSSR count). The first kappa shape index (κ1) is 36.8. The smallest absolute Gasteiger partial charge is 0.312 e. The predicted octanol–water partition coefficient (Wildman–Crippen LogP) is 4.47. The molecular formula is C30H57N2O7+. The molecule has 0 radical (unpaired) electrons.